The lowest BCUT2D eigenvalue weighted by Crippen LogP contribution is -2.46. The molecule has 1 atom stereocenters. The first-order valence-electron chi connectivity index (χ1n) is 5.51. The van der Waals surface area contributed by atoms with E-state index in [-0.39, 0.29) is 11.4 Å². The highest BCUT2D eigenvalue weighted by atomic mass is 79.9. The zero-order chi connectivity index (χ0) is 12.9. The van der Waals surface area contributed by atoms with E-state index in [1.807, 2.05) is 13.8 Å². The number of carbonyl (C=O) groups excluding carboxylic acids is 1. The topological polar surface area (TPSA) is 42.0 Å². The maximum absolute atomic E-state index is 12.1. The molecule has 0 fully saturated rings. The fraction of sp³-hybridized carbons (Fsp3) is 0.500. The number of hydrogen-bond acceptors (Lipinski definition) is 2. The summed E-state index contributed by atoms with van der Waals surface area (Å²) in [5.41, 5.74) is 0.122. The molecule has 1 aromatic heterocycles. The molecule has 0 aliphatic rings. The number of rotatable bonds is 5. The molecule has 3 nitrogen and oxygen atoms in total. The summed E-state index contributed by atoms with van der Waals surface area (Å²) in [5, 5.41) is 2.99. The second kappa shape index (κ2) is 6.36. The SMILES string of the molecule is CCC(C)(CCCl)NC(=O)c1ncccc1Br. The lowest BCUT2D eigenvalue weighted by atomic mass is 9.95. The van der Waals surface area contributed by atoms with Gasteiger partial charge in [-0.25, -0.2) is 4.98 Å². The highest BCUT2D eigenvalue weighted by molar-refractivity contribution is 9.10. The molecule has 0 bridgehead atoms. The van der Waals surface area contributed by atoms with Crippen LogP contribution in [0.4, 0.5) is 0 Å². The molecule has 0 spiro atoms. The van der Waals surface area contributed by atoms with E-state index in [1.165, 1.54) is 0 Å². The predicted molar refractivity (Wildman–Crippen MR) is 73.4 cm³/mol. The van der Waals surface area contributed by atoms with Crippen molar-refractivity contribution in [1.82, 2.24) is 10.3 Å². The smallest absolute Gasteiger partial charge is 0.271 e. The second-order valence-electron chi connectivity index (χ2n) is 4.14. The molecular formula is C12H16BrClN2O. The second-order valence-corrected chi connectivity index (χ2v) is 5.37. The molecule has 94 valence electrons. The van der Waals surface area contributed by atoms with Crippen LogP contribution in [0.15, 0.2) is 22.8 Å². The van der Waals surface area contributed by atoms with Crippen molar-refractivity contribution in [2.24, 2.45) is 0 Å². The van der Waals surface area contributed by atoms with Crippen LogP contribution in [-0.4, -0.2) is 22.3 Å². The molecule has 0 saturated heterocycles. The van der Waals surface area contributed by atoms with E-state index in [0.29, 0.717) is 16.0 Å². The normalized spacial score (nSPS) is 14.1. The van der Waals surface area contributed by atoms with Crippen molar-refractivity contribution >= 4 is 33.4 Å². The van der Waals surface area contributed by atoms with E-state index in [0.717, 1.165) is 12.8 Å². The maximum atomic E-state index is 12.1. The molecule has 1 amide bonds. The van der Waals surface area contributed by atoms with E-state index in [9.17, 15) is 4.79 Å². The molecule has 0 aliphatic carbocycles. The van der Waals surface area contributed by atoms with E-state index in [4.69, 9.17) is 11.6 Å². The van der Waals surface area contributed by atoms with Gasteiger partial charge in [0.05, 0.1) is 0 Å². The van der Waals surface area contributed by atoms with E-state index < -0.39 is 0 Å². The Kier molecular flexibility index (Phi) is 5.40. The van der Waals surface area contributed by atoms with Crippen LogP contribution in [0.3, 0.4) is 0 Å². The van der Waals surface area contributed by atoms with Crippen LogP contribution in [0.2, 0.25) is 0 Å². The standard InChI is InChI=1S/C12H16BrClN2O/c1-3-12(2,6-7-14)16-11(17)10-9(13)5-4-8-15-10/h4-5,8H,3,6-7H2,1-2H3,(H,16,17). The number of nitrogens with one attached hydrogen (secondary N) is 1. The van der Waals surface area contributed by atoms with E-state index in [2.05, 4.69) is 26.2 Å². The Morgan fingerprint density at radius 1 is 1.65 bits per heavy atom. The minimum Gasteiger partial charge on any atom is -0.345 e. The molecule has 5 heteroatoms. The molecule has 1 heterocycles. The first-order valence-corrected chi connectivity index (χ1v) is 6.84. The average Bonchev–Trinajstić information content (AvgIpc) is 2.29. The Bertz CT molecular complexity index is 400. The van der Waals surface area contributed by atoms with Gasteiger partial charge in [-0.3, -0.25) is 4.79 Å². The van der Waals surface area contributed by atoms with Gasteiger partial charge in [0.1, 0.15) is 5.69 Å². The Balaban J connectivity index is 2.82. The summed E-state index contributed by atoms with van der Waals surface area (Å²) in [7, 11) is 0. The molecule has 1 N–H and O–H groups in total. The van der Waals surface area contributed by atoms with Crippen molar-refractivity contribution in [2.45, 2.75) is 32.2 Å². The Morgan fingerprint density at radius 2 is 2.35 bits per heavy atom. The number of nitrogens with zero attached hydrogens (tertiary/aromatic N) is 1. The zero-order valence-electron chi connectivity index (χ0n) is 9.96. The fourth-order valence-electron chi connectivity index (χ4n) is 1.42. The summed E-state index contributed by atoms with van der Waals surface area (Å²) in [6.07, 6.45) is 3.17. The zero-order valence-corrected chi connectivity index (χ0v) is 12.3. The summed E-state index contributed by atoms with van der Waals surface area (Å²) in [4.78, 5) is 16.1. The molecule has 0 aromatic carbocycles. The van der Waals surface area contributed by atoms with Gasteiger partial charge in [0.25, 0.3) is 5.91 Å². The van der Waals surface area contributed by atoms with Gasteiger partial charge < -0.3 is 5.32 Å². The molecule has 17 heavy (non-hydrogen) atoms. The summed E-state index contributed by atoms with van der Waals surface area (Å²) in [5.74, 6) is 0.348. The van der Waals surface area contributed by atoms with Crippen LogP contribution in [-0.2, 0) is 0 Å². The van der Waals surface area contributed by atoms with Crippen molar-refractivity contribution in [3.8, 4) is 0 Å². The van der Waals surface area contributed by atoms with Gasteiger partial charge in [0.2, 0.25) is 0 Å². The maximum Gasteiger partial charge on any atom is 0.271 e. The van der Waals surface area contributed by atoms with Gasteiger partial charge in [-0.05, 0) is 47.8 Å². The van der Waals surface area contributed by atoms with Crippen molar-refractivity contribution in [2.75, 3.05) is 5.88 Å². The van der Waals surface area contributed by atoms with Gasteiger partial charge in [0, 0.05) is 22.1 Å². The lowest BCUT2D eigenvalue weighted by molar-refractivity contribution is 0.0895. The minimum absolute atomic E-state index is 0.174. The van der Waals surface area contributed by atoms with Gasteiger partial charge in [0.15, 0.2) is 0 Å². The van der Waals surface area contributed by atoms with Crippen LogP contribution < -0.4 is 5.32 Å². The number of alkyl halides is 1. The summed E-state index contributed by atoms with van der Waals surface area (Å²) in [6.45, 7) is 4.02. The fourth-order valence-corrected chi connectivity index (χ4v) is 2.27. The van der Waals surface area contributed by atoms with Gasteiger partial charge >= 0.3 is 0 Å². The number of aromatic nitrogens is 1. The van der Waals surface area contributed by atoms with Crippen LogP contribution in [0.25, 0.3) is 0 Å². The molecule has 1 aromatic rings. The molecule has 1 rings (SSSR count). The highest BCUT2D eigenvalue weighted by Crippen LogP contribution is 2.18. The van der Waals surface area contributed by atoms with Crippen LogP contribution in [0.5, 0.6) is 0 Å². The molecular weight excluding hydrogens is 304 g/mol. The Hall–Kier alpha value is -0.610. The van der Waals surface area contributed by atoms with E-state index >= 15 is 0 Å². The van der Waals surface area contributed by atoms with Crippen LogP contribution in [0.1, 0.15) is 37.2 Å². The highest BCUT2D eigenvalue weighted by Gasteiger charge is 2.25. The number of carbonyl (C=O) groups is 1. The quantitative estimate of drug-likeness (QED) is 0.846. The lowest BCUT2D eigenvalue weighted by Gasteiger charge is -2.28. The third-order valence-electron chi connectivity index (χ3n) is 2.82. The summed E-state index contributed by atoms with van der Waals surface area (Å²) >= 11 is 9.07. The van der Waals surface area contributed by atoms with Crippen LogP contribution in [0, 0.1) is 0 Å². The number of amides is 1. The molecule has 0 radical (unpaired) electrons. The summed E-state index contributed by atoms with van der Waals surface area (Å²) in [6, 6.07) is 3.57. The van der Waals surface area contributed by atoms with E-state index in [1.54, 1.807) is 18.3 Å². The number of pyridine rings is 1. The third-order valence-corrected chi connectivity index (χ3v) is 3.64. The van der Waals surface area contributed by atoms with Crippen molar-refractivity contribution in [3.05, 3.63) is 28.5 Å². The predicted octanol–water partition coefficient (Wildman–Crippen LogP) is 3.37. The number of hydrogen-bond donors (Lipinski definition) is 1. The monoisotopic (exact) mass is 318 g/mol. The van der Waals surface area contributed by atoms with Crippen molar-refractivity contribution in [3.63, 3.8) is 0 Å². The van der Waals surface area contributed by atoms with Gasteiger partial charge in [-0.2, -0.15) is 0 Å². The van der Waals surface area contributed by atoms with Crippen molar-refractivity contribution < 1.29 is 4.79 Å². The Labute approximate surface area is 115 Å². The first kappa shape index (κ1) is 14.5. The number of halogens is 2. The van der Waals surface area contributed by atoms with Crippen molar-refractivity contribution in [1.29, 1.82) is 0 Å². The average molecular weight is 320 g/mol. The summed E-state index contributed by atoms with van der Waals surface area (Å²) < 4.78 is 0.696. The first-order chi connectivity index (χ1) is 8.02. The minimum atomic E-state index is -0.282. The largest absolute Gasteiger partial charge is 0.345 e. The van der Waals surface area contributed by atoms with Gasteiger partial charge in [-0.1, -0.05) is 6.92 Å². The van der Waals surface area contributed by atoms with Gasteiger partial charge in [-0.15, -0.1) is 11.6 Å². The van der Waals surface area contributed by atoms with Crippen LogP contribution >= 0.6 is 27.5 Å². The molecule has 1 unspecified atom stereocenters. The Morgan fingerprint density at radius 3 is 2.88 bits per heavy atom. The molecule has 0 saturated carbocycles. The molecule has 0 aliphatic heterocycles. The third kappa shape index (κ3) is 3.96.